The van der Waals surface area contributed by atoms with E-state index in [1.54, 1.807) is 18.2 Å². The van der Waals surface area contributed by atoms with Crippen molar-refractivity contribution in [1.82, 2.24) is 0 Å². The van der Waals surface area contributed by atoms with Gasteiger partial charge in [-0.25, -0.2) is 8.42 Å². The molecule has 0 amide bonds. The number of hydrogen-bond donors (Lipinski definition) is 2. The maximum Gasteiger partial charge on any atom is 0.185 e. The topological polar surface area (TPSA) is 91.7 Å². The van der Waals surface area contributed by atoms with E-state index in [9.17, 15) is 23.4 Å². The van der Waals surface area contributed by atoms with Crippen molar-refractivity contribution in [2.75, 3.05) is 5.75 Å². The minimum Gasteiger partial charge on any atom is -0.508 e. The van der Waals surface area contributed by atoms with Gasteiger partial charge in [0.05, 0.1) is 4.90 Å². The summed E-state index contributed by atoms with van der Waals surface area (Å²) in [5.41, 5.74) is 0.362. The van der Waals surface area contributed by atoms with Crippen molar-refractivity contribution in [3.05, 3.63) is 54.1 Å². The van der Waals surface area contributed by atoms with Crippen molar-refractivity contribution in [3.63, 3.8) is 0 Å². The van der Waals surface area contributed by atoms with Gasteiger partial charge in [-0.2, -0.15) is 0 Å². The standard InChI is InChI=1S/C15H14O5S/c16-12-6-11(7-13(17)9-12)8-14(18)10-21(19,20)15-4-2-1-3-5-15/h1-7,9,16-17H,8,10H2. The SMILES string of the molecule is O=C(Cc1cc(O)cc(O)c1)CS(=O)(=O)c1ccccc1. The van der Waals surface area contributed by atoms with Crippen LogP contribution in [-0.2, 0) is 21.1 Å². The first-order valence-corrected chi connectivity index (χ1v) is 7.83. The molecule has 5 nitrogen and oxygen atoms in total. The average Bonchev–Trinajstić information content (AvgIpc) is 2.37. The zero-order chi connectivity index (χ0) is 15.5. The van der Waals surface area contributed by atoms with Gasteiger partial charge >= 0.3 is 0 Å². The molecule has 0 spiro atoms. The molecule has 2 aromatic rings. The first kappa shape index (κ1) is 15.1. The number of hydrogen-bond acceptors (Lipinski definition) is 5. The molecular formula is C15H14O5S. The number of benzene rings is 2. The molecule has 0 unspecified atom stereocenters. The van der Waals surface area contributed by atoms with Gasteiger partial charge in [0.1, 0.15) is 17.3 Å². The van der Waals surface area contributed by atoms with Crippen LogP contribution in [0.4, 0.5) is 0 Å². The molecule has 0 aliphatic carbocycles. The lowest BCUT2D eigenvalue weighted by Gasteiger charge is -2.05. The molecule has 6 heteroatoms. The molecule has 0 aliphatic rings. The summed E-state index contributed by atoms with van der Waals surface area (Å²) < 4.78 is 24.1. The highest BCUT2D eigenvalue weighted by Crippen LogP contribution is 2.21. The van der Waals surface area contributed by atoms with E-state index in [0.717, 1.165) is 6.07 Å². The molecule has 2 N–H and O–H groups in total. The van der Waals surface area contributed by atoms with Crippen LogP contribution in [0.3, 0.4) is 0 Å². The second-order valence-electron chi connectivity index (χ2n) is 4.65. The highest BCUT2D eigenvalue weighted by molar-refractivity contribution is 7.92. The third kappa shape index (κ3) is 4.06. The van der Waals surface area contributed by atoms with E-state index < -0.39 is 21.4 Å². The van der Waals surface area contributed by atoms with Crippen molar-refractivity contribution in [1.29, 1.82) is 0 Å². The minimum atomic E-state index is -3.67. The van der Waals surface area contributed by atoms with Crippen LogP contribution in [0.2, 0.25) is 0 Å². The first-order chi connectivity index (χ1) is 9.87. The molecule has 0 fully saturated rings. The highest BCUT2D eigenvalue weighted by Gasteiger charge is 2.19. The monoisotopic (exact) mass is 306 g/mol. The second-order valence-corrected chi connectivity index (χ2v) is 6.63. The van der Waals surface area contributed by atoms with Crippen LogP contribution < -0.4 is 0 Å². The van der Waals surface area contributed by atoms with Gasteiger partial charge in [-0.05, 0) is 29.8 Å². The number of aromatic hydroxyl groups is 2. The van der Waals surface area contributed by atoms with E-state index >= 15 is 0 Å². The Bertz CT molecular complexity index is 731. The third-order valence-corrected chi connectivity index (χ3v) is 4.51. The number of carbonyl (C=O) groups is 1. The van der Waals surface area contributed by atoms with Crippen LogP contribution in [0.15, 0.2) is 53.4 Å². The molecule has 0 heterocycles. The Morgan fingerprint density at radius 1 is 0.952 bits per heavy atom. The normalized spacial score (nSPS) is 11.2. The average molecular weight is 306 g/mol. The molecule has 0 aromatic heterocycles. The zero-order valence-electron chi connectivity index (χ0n) is 11.1. The summed E-state index contributed by atoms with van der Waals surface area (Å²) in [7, 11) is -3.67. The molecule has 21 heavy (non-hydrogen) atoms. The maximum atomic E-state index is 12.0. The van der Waals surface area contributed by atoms with Crippen LogP contribution >= 0.6 is 0 Å². The summed E-state index contributed by atoms with van der Waals surface area (Å²) in [6, 6.07) is 11.5. The van der Waals surface area contributed by atoms with Crippen molar-refractivity contribution < 1.29 is 23.4 Å². The zero-order valence-corrected chi connectivity index (χ0v) is 11.9. The van der Waals surface area contributed by atoms with Crippen molar-refractivity contribution in [3.8, 4) is 11.5 Å². The number of rotatable bonds is 5. The Morgan fingerprint density at radius 3 is 2.10 bits per heavy atom. The van der Waals surface area contributed by atoms with E-state index in [-0.39, 0.29) is 22.8 Å². The fourth-order valence-corrected chi connectivity index (χ4v) is 3.22. The molecule has 110 valence electrons. The number of phenols is 2. The second kappa shape index (κ2) is 5.97. The number of carbonyl (C=O) groups excluding carboxylic acids is 1. The smallest absolute Gasteiger partial charge is 0.185 e. The van der Waals surface area contributed by atoms with Crippen LogP contribution in [0, 0.1) is 0 Å². The van der Waals surface area contributed by atoms with Crippen molar-refractivity contribution in [2.24, 2.45) is 0 Å². The number of phenolic OH excluding ortho intramolecular Hbond substituents is 2. The van der Waals surface area contributed by atoms with Gasteiger partial charge in [0.2, 0.25) is 0 Å². The first-order valence-electron chi connectivity index (χ1n) is 6.18. The molecule has 0 saturated heterocycles. The van der Waals surface area contributed by atoms with E-state index in [0.29, 0.717) is 5.56 Å². The van der Waals surface area contributed by atoms with Crippen LogP contribution in [0.25, 0.3) is 0 Å². The Labute approximate surface area is 122 Å². The summed E-state index contributed by atoms with van der Waals surface area (Å²) in [6.07, 6.45) is -0.173. The van der Waals surface area contributed by atoms with Gasteiger partial charge < -0.3 is 10.2 Å². The lowest BCUT2D eigenvalue weighted by atomic mass is 10.1. The summed E-state index contributed by atoms with van der Waals surface area (Å²) in [6.45, 7) is 0. The van der Waals surface area contributed by atoms with Gasteiger partial charge in [-0.3, -0.25) is 4.79 Å². The molecular weight excluding hydrogens is 292 g/mol. The van der Waals surface area contributed by atoms with Gasteiger partial charge in [0.15, 0.2) is 15.6 Å². The Hall–Kier alpha value is -2.34. The van der Waals surface area contributed by atoms with E-state index in [2.05, 4.69) is 0 Å². The van der Waals surface area contributed by atoms with Gasteiger partial charge in [0.25, 0.3) is 0 Å². The largest absolute Gasteiger partial charge is 0.508 e. The lowest BCUT2D eigenvalue weighted by Crippen LogP contribution is -2.18. The third-order valence-electron chi connectivity index (χ3n) is 2.82. The molecule has 0 radical (unpaired) electrons. The number of ketones is 1. The fourth-order valence-electron chi connectivity index (χ4n) is 1.96. The van der Waals surface area contributed by atoms with E-state index in [1.165, 1.54) is 24.3 Å². The van der Waals surface area contributed by atoms with E-state index in [1.807, 2.05) is 0 Å². The van der Waals surface area contributed by atoms with E-state index in [4.69, 9.17) is 0 Å². The Kier molecular flexibility index (Phi) is 4.28. The molecule has 2 rings (SSSR count). The predicted octanol–water partition coefficient (Wildman–Crippen LogP) is 1.68. The maximum absolute atomic E-state index is 12.0. The molecule has 0 bridgehead atoms. The molecule has 0 aliphatic heterocycles. The van der Waals surface area contributed by atoms with Gasteiger partial charge in [-0.15, -0.1) is 0 Å². The Morgan fingerprint density at radius 2 is 1.52 bits per heavy atom. The van der Waals surface area contributed by atoms with Crippen molar-refractivity contribution in [2.45, 2.75) is 11.3 Å². The Balaban J connectivity index is 2.11. The van der Waals surface area contributed by atoms with Crippen LogP contribution in [0.1, 0.15) is 5.56 Å². The van der Waals surface area contributed by atoms with Crippen molar-refractivity contribution >= 4 is 15.6 Å². The van der Waals surface area contributed by atoms with Gasteiger partial charge in [0, 0.05) is 12.5 Å². The minimum absolute atomic E-state index is 0.0945. The van der Waals surface area contributed by atoms with Crippen LogP contribution in [0.5, 0.6) is 11.5 Å². The summed E-state index contributed by atoms with van der Waals surface area (Å²) >= 11 is 0. The predicted molar refractivity (Wildman–Crippen MR) is 77.0 cm³/mol. The highest BCUT2D eigenvalue weighted by atomic mass is 32.2. The lowest BCUT2D eigenvalue weighted by molar-refractivity contribution is -0.116. The summed E-state index contributed by atoms with van der Waals surface area (Å²) in [4.78, 5) is 12.0. The van der Waals surface area contributed by atoms with Gasteiger partial charge in [-0.1, -0.05) is 18.2 Å². The fraction of sp³-hybridized carbons (Fsp3) is 0.133. The quantitative estimate of drug-likeness (QED) is 0.877. The molecule has 0 saturated carbocycles. The molecule has 0 atom stereocenters. The summed E-state index contributed by atoms with van der Waals surface area (Å²) in [5.74, 6) is -1.48. The van der Waals surface area contributed by atoms with Crippen LogP contribution in [-0.4, -0.2) is 30.2 Å². The number of Topliss-reactive ketones (excluding diaryl/α,β-unsaturated/α-hetero) is 1. The summed E-state index contributed by atoms with van der Waals surface area (Å²) in [5, 5.41) is 18.7. The number of sulfone groups is 1. The molecule has 2 aromatic carbocycles.